The number of amides is 1. The van der Waals surface area contributed by atoms with Crippen molar-refractivity contribution in [2.24, 2.45) is 0 Å². The Morgan fingerprint density at radius 3 is 2.90 bits per heavy atom. The molecule has 0 spiro atoms. The minimum absolute atomic E-state index is 0.151. The van der Waals surface area contributed by atoms with E-state index in [1.165, 1.54) is 0 Å². The van der Waals surface area contributed by atoms with Crippen LogP contribution < -0.4 is 10.1 Å². The first-order valence-corrected chi connectivity index (χ1v) is 6.80. The maximum absolute atomic E-state index is 11.8. The molecule has 5 heteroatoms. The largest absolute Gasteiger partial charge is 0.482 e. The molecule has 2 rings (SSSR count). The van der Waals surface area contributed by atoms with Crippen molar-refractivity contribution in [2.45, 2.75) is 37.8 Å². The lowest BCUT2D eigenvalue weighted by molar-refractivity contribution is -0.125. The van der Waals surface area contributed by atoms with Crippen LogP contribution in [-0.4, -0.2) is 29.8 Å². The number of ether oxygens (including phenoxy) is 1. The summed E-state index contributed by atoms with van der Waals surface area (Å²) >= 11 is 0. The Bertz CT molecular complexity index is 510. The zero-order chi connectivity index (χ0) is 14.4. The molecule has 0 aliphatic heterocycles. The van der Waals surface area contributed by atoms with Crippen molar-refractivity contribution >= 4 is 5.91 Å². The molecule has 20 heavy (non-hydrogen) atoms. The van der Waals surface area contributed by atoms with Crippen LogP contribution in [-0.2, 0) is 4.79 Å². The van der Waals surface area contributed by atoms with Gasteiger partial charge in [-0.2, -0.15) is 5.26 Å². The molecule has 1 aliphatic rings. The maximum atomic E-state index is 11.8. The predicted molar refractivity (Wildman–Crippen MR) is 73.1 cm³/mol. The van der Waals surface area contributed by atoms with Crippen LogP contribution in [0.4, 0.5) is 0 Å². The van der Waals surface area contributed by atoms with Crippen LogP contribution in [0.25, 0.3) is 0 Å². The van der Waals surface area contributed by atoms with Crippen molar-refractivity contribution in [1.82, 2.24) is 5.32 Å². The van der Waals surface area contributed by atoms with E-state index in [0.717, 1.165) is 25.7 Å². The van der Waals surface area contributed by atoms with Gasteiger partial charge in [0.2, 0.25) is 0 Å². The molecule has 1 amide bonds. The fourth-order valence-electron chi connectivity index (χ4n) is 2.36. The van der Waals surface area contributed by atoms with Crippen molar-refractivity contribution in [3.63, 3.8) is 0 Å². The lowest BCUT2D eigenvalue weighted by Crippen LogP contribution is -2.46. The second-order valence-corrected chi connectivity index (χ2v) is 4.92. The Morgan fingerprint density at radius 1 is 1.40 bits per heavy atom. The third kappa shape index (κ3) is 3.72. The summed E-state index contributed by atoms with van der Waals surface area (Å²) in [5.74, 6) is 0.123. The van der Waals surface area contributed by atoms with Gasteiger partial charge < -0.3 is 15.2 Å². The number of para-hydroxylation sites is 1. The van der Waals surface area contributed by atoms with E-state index in [1.54, 1.807) is 24.3 Å². The number of nitrogens with zero attached hydrogens (tertiary/aromatic N) is 1. The average molecular weight is 274 g/mol. The second-order valence-electron chi connectivity index (χ2n) is 4.92. The van der Waals surface area contributed by atoms with Gasteiger partial charge in [0, 0.05) is 0 Å². The molecule has 0 aromatic heterocycles. The van der Waals surface area contributed by atoms with Crippen LogP contribution in [0.5, 0.6) is 5.75 Å². The Morgan fingerprint density at radius 2 is 2.15 bits per heavy atom. The predicted octanol–water partition coefficient (Wildman–Crippen LogP) is 1.36. The average Bonchev–Trinajstić information content (AvgIpc) is 2.48. The molecule has 106 valence electrons. The lowest BCUT2D eigenvalue weighted by atomic mass is 9.92. The van der Waals surface area contributed by atoms with Crippen LogP contribution in [0.15, 0.2) is 24.3 Å². The van der Waals surface area contributed by atoms with E-state index in [-0.39, 0.29) is 18.6 Å². The van der Waals surface area contributed by atoms with E-state index in [0.29, 0.717) is 11.3 Å². The molecule has 0 saturated heterocycles. The quantitative estimate of drug-likeness (QED) is 0.868. The van der Waals surface area contributed by atoms with Crippen LogP contribution in [0.3, 0.4) is 0 Å². The summed E-state index contributed by atoms with van der Waals surface area (Å²) in [4.78, 5) is 11.8. The van der Waals surface area contributed by atoms with Gasteiger partial charge in [-0.05, 0) is 25.0 Å². The van der Waals surface area contributed by atoms with Gasteiger partial charge in [0.15, 0.2) is 6.61 Å². The number of hydrogen-bond donors (Lipinski definition) is 2. The Kier molecular flexibility index (Phi) is 4.97. The minimum atomic E-state index is -0.473. The van der Waals surface area contributed by atoms with Crippen molar-refractivity contribution in [1.29, 1.82) is 5.26 Å². The summed E-state index contributed by atoms with van der Waals surface area (Å²) in [6.07, 6.45) is 3.06. The molecule has 1 saturated carbocycles. The highest BCUT2D eigenvalue weighted by molar-refractivity contribution is 5.78. The molecule has 2 N–H and O–H groups in total. The Balaban J connectivity index is 1.84. The first kappa shape index (κ1) is 14.4. The van der Waals surface area contributed by atoms with Crippen molar-refractivity contribution in [2.75, 3.05) is 6.61 Å². The Labute approximate surface area is 118 Å². The summed E-state index contributed by atoms with van der Waals surface area (Å²) < 4.78 is 5.35. The van der Waals surface area contributed by atoms with Gasteiger partial charge in [-0.1, -0.05) is 25.0 Å². The second kappa shape index (κ2) is 6.92. The van der Waals surface area contributed by atoms with E-state index in [1.807, 2.05) is 6.07 Å². The third-order valence-corrected chi connectivity index (χ3v) is 3.44. The van der Waals surface area contributed by atoms with E-state index in [2.05, 4.69) is 5.32 Å². The molecule has 1 aromatic carbocycles. The van der Waals surface area contributed by atoms with Gasteiger partial charge in [-0.3, -0.25) is 4.79 Å². The van der Waals surface area contributed by atoms with Crippen LogP contribution in [0, 0.1) is 11.3 Å². The molecule has 1 aromatic rings. The van der Waals surface area contributed by atoms with E-state index in [9.17, 15) is 9.90 Å². The van der Waals surface area contributed by atoms with Gasteiger partial charge in [0.25, 0.3) is 5.91 Å². The van der Waals surface area contributed by atoms with E-state index < -0.39 is 6.10 Å². The zero-order valence-electron chi connectivity index (χ0n) is 11.2. The van der Waals surface area contributed by atoms with Gasteiger partial charge >= 0.3 is 0 Å². The zero-order valence-corrected chi connectivity index (χ0v) is 11.2. The van der Waals surface area contributed by atoms with Gasteiger partial charge in [0.1, 0.15) is 11.8 Å². The lowest BCUT2D eigenvalue weighted by Gasteiger charge is -2.28. The minimum Gasteiger partial charge on any atom is -0.482 e. The topological polar surface area (TPSA) is 82.3 Å². The van der Waals surface area contributed by atoms with Gasteiger partial charge in [-0.25, -0.2) is 0 Å². The normalized spacial score (nSPS) is 21.8. The molecule has 0 radical (unpaired) electrons. The number of nitrogens with one attached hydrogen (secondary N) is 1. The monoisotopic (exact) mass is 274 g/mol. The number of aliphatic hydroxyl groups is 1. The SMILES string of the molecule is N#Cc1ccccc1OCC(=O)N[C@H]1CCCC[C@@H]1O. The summed E-state index contributed by atoms with van der Waals surface area (Å²) in [5.41, 5.74) is 0.401. The molecular weight excluding hydrogens is 256 g/mol. The fraction of sp³-hybridized carbons (Fsp3) is 0.467. The number of carbonyl (C=O) groups excluding carboxylic acids is 1. The number of aliphatic hydroxyl groups excluding tert-OH is 1. The van der Waals surface area contributed by atoms with E-state index in [4.69, 9.17) is 10.00 Å². The van der Waals surface area contributed by atoms with Crippen molar-refractivity contribution in [3.8, 4) is 11.8 Å². The highest BCUT2D eigenvalue weighted by Crippen LogP contribution is 2.19. The van der Waals surface area contributed by atoms with Crippen LogP contribution in [0.1, 0.15) is 31.2 Å². The van der Waals surface area contributed by atoms with Crippen LogP contribution in [0.2, 0.25) is 0 Å². The molecule has 2 atom stereocenters. The first-order chi connectivity index (χ1) is 9.70. The first-order valence-electron chi connectivity index (χ1n) is 6.80. The Hall–Kier alpha value is -2.06. The van der Waals surface area contributed by atoms with Crippen LogP contribution >= 0.6 is 0 Å². The summed E-state index contributed by atoms with van der Waals surface area (Å²) in [5, 5.41) is 21.5. The standard InChI is InChI=1S/C15H18N2O3/c16-9-11-5-1-4-8-14(11)20-10-15(19)17-12-6-2-3-7-13(12)18/h1,4-5,8,12-13,18H,2-3,6-7,10H2,(H,17,19)/t12-,13-/m0/s1. The molecule has 5 nitrogen and oxygen atoms in total. The number of carbonyl (C=O) groups is 1. The highest BCUT2D eigenvalue weighted by atomic mass is 16.5. The highest BCUT2D eigenvalue weighted by Gasteiger charge is 2.24. The van der Waals surface area contributed by atoms with Gasteiger partial charge in [0.05, 0.1) is 17.7 Å². The fourth-order valence-corrected chi connectivity index (χ4v) is 2.36. The maximum Gasteiger partial charge on any atom is 0.258 e. The van der Waals surface area contributed by atoms with Crippen molar-refractivity contribution in [3.05, 3.63) is 29.8 Å². The van der Waals surface area contributed by atoms with Crippen molar-refractivity contribution < 1.29 is 14.6 Å². The molecular formula is C15H18N2O3. The number of benzene rings is 1. The number of hydrogen-bond acceptors (Lipinski definition) is 4. The van der Waals surface area contributed by atoms with Gasteiger partial charge in [-0.15, -0.1) is 0 Å². The summed E-state index contributed by atoms with van der Waals surface area (Å²) in [6, 6.07) is 8.60. The summed E-state index contributed by atoms with van der Waals surface area (Å²) in [6.45, 7) is -0.151. The molecule has 1 fully saturated rings. The molecule has 1 aliphatic carbocycles. The molecule has 0 heterocycles. The smallest absolute Gasteiger partial charge is 0.258 e. The van der Waals surface area contributed by atoms with E-state index >= 15 is 0 Å². The number of rotatable bonds is 4. The third-order valence-electron chi connectivity index (χ3n) is 3.44. The summed E-state index contributed by atoms with van der Waals surface area (Å²) in [7, 11) is 0. The molecule has 0 bridgehead atoms. The number of nitriles is 1. The molecule has 0 unspecified atom stereocenters.